The van der Waals surface area contributed by atoms with Crippen LogP contribution in [0.5, 0.6) is 0 Å². The summed E-state index contributed by atoms with van der Waals surface area (Å²) in [6, 6.07) is 12.4. The van der Waals surface area contributed by atoms with Crippen molar-refractivity contribution in [2.75, 3.05) is 18.0 Å². The van der Waals surface area contributed by atoms with Crippen molar-refractivity contribution in [3.8, 4) is 11.3 Å². The highest BCUT2D eigenvalue weighted by atomic mass is 19.1. The summed E-state index contributed by atoms with van der Waals surface area (Å²) in [5.74, 6) is 1.14. The highest BCUT2D eigenvalue weighted by Gasteiger charge is 2.38. The fourth-order valence-electron chi connectivity index (χ4n) is 5.17. The van der Waals surface area contributed by atoms with Gasteiger partial charge < -0.3 is 9.47 Å². The van der Waals surface area contributed by atoms with E-state index in [1.54, 1.807) is 0 Å². The molecule has 3 aromatic rings. The molecule has 3 nitrogen and oxygen atoms in total. The number of allylic oxidation sites excluding steroid dienone is 1. The molecule has 2 aromatic heterocycles. The maximum absolute atomic E-state index is 15.5. The predicted molar refractivity (Wildman–Crippen MR) is 132 cm³/mol. The second kappa shape index (κ2) is 8.06. The number of aromatic nitrogens is 2. The van der Waals surface area contributed by atoms with Gasteiger partial charge in [0, 0.05) is 24.2 Å². The second-order valence-corrected chi connectivity index (χ2v) is 10.3. The van der Waals surface area contributed by atoms with Gasteiger partial charge in [0.05, 0.1) is 16.8 Å². The molecule has 0 N–H and O–H groups in total. The van der Waals surface area contributed by atoms with Crippen LogP contribution in [0.15, 0.2) is 43.0 Å². The number of hydrogen-bond acceptors (Lipinski definition) is 2. The Morgan fingerprint density at radius 1 is 1.16 bits per heavy atom. The first kappa shape index (κ1) is 21.2. The van der Waals surface area contributed by atoms with E-state index in [2.05, 4.69) is 66.1 Å². The molecule has 4 heteroatoms. The van der Waals surface area contributed by atoms with Crippen LogP contribution >= 0.6 is 0 Å². The Morgan fingerprint density at radius 2 is 1.91 bits per heavy atom. The molecule has 0 radical (unpaired) electrons. The minimum atomic E-state index is -0.397. The quantitative estimate of drug-likeness (QED) is 0.378. The Kier molecular flexibility index (Phi) is 5.35. The van der Waals surface area contributed by atoms with E-state index in [1.165, 1.54) is 24.8 Å². The van der Waals surface area contributed by atoms with Crippen molar-refractivity contribution >= 4 is 22.4 Å². The molecular weight excluding hydrogens is 397 g/mol. The van der Waals surface area contributed by atoms with Gasteiger partial charge in [-0.2, -0.15) is 4.39 Å². The number of aryl methyl sites for hydroxylation is 1. The number of pyridine rings is 1. The molecule has 1 aliphatic carbocycles. The number of nitrogens with zero attached hydrogens (tertiary/aromatic N) is 3. The first-order valence-electron chi connectivity index (χ1n) is 12.1. The van der Waals surface area contributed by atoms with Crippen LogP contribution < -0.4 is 4.90 Å². The summed E-state index contributed by atoms with van der Waals surface area (Å²) in [4.78, 5) is 6.64. The van der Waals surface area contributed by atoms with Gasteiger partial charge in [0.1, 0.15) is 5.82 Å². The van der Waals surface area contributed by atoms with Crippen LogP contribution in [-0.4, -0.2) is 22.6 Å². The van der Waals surface area contributed by atoms with Crippen LogP contribution in [0.25, 0.3) is 27.9 Å². The van der Waals surface area contributed by atoms with E-state index in [1.807, 2.05) is 12.1 Å². The molecule has 2 fully saturated rings. The van der Waals surface area contributed by atoms with Crippen molar-refractivity contribution in [1.82, 2.24) is 9.55 Å². The van der Waals surface area contributed by atoms with E-state index in [0.717, 1.165) is 66.4 Å². The average molecular weight is 432 g/mol. The van der Waals surface area contributed by atoms with Gasteiger partial charge in [-0.1, -0.05) is 39.0 Å². The summed E-state index contributed by atoms with van der Waals surface area (Å²) < 4.78 is 17.6. The SMILES string of the molecule is C=C(CC1(C)CC1)n1c(-c2ccc(N3CCC(CC)CC3)nc2F)cc2ccc(C)cc21. The molecule has 1 saturated heterocycles. The van der Waals surface area contributed by atoms with Gasteiger partial charge in [-0.3, -0.25) is 0 Å². The smallest absolute Gasteiger partial charge is 0.224 e. The summed E-state index contributed by atoms with van der Waals surface area (Å²) in [7, 11) is 0. The molecule has 0 bridgehead atoms. The molecule has 32 heavy (non-hydrogen) atoms. The van der Waals surface area contributed by atoms with E-state index >= 15 is 4.39 Å². The van der Waals surface area contributed by atoms with Gasteiger partial charge in [-0.25, -0.2) is 4.98 Å². The maximum Gasteiger partial charge on any atom is 0.224 e. The molecule has 0 unspecified atom stereocenters. The molecule has 1 aliphatic heterocycles. The first-order chi connectivity index (χ1) is 15.4. The molecular formula is C28H34FN3. The highest BCUT2D eigenvalue weighted by molar-refractivity contribution is 5.91. The number of hydrogen-bond donors (Lipinski definition) is 0. The first-order valence-corrected chi connectivity index (χ1v) is 12.1. The van der Waals surface area contributed by atoms with Gasteiger partial charge in [0.2, 0.25) is 5.95 Å². The van der Waals surface area contributed by atoms with E-state index < -0.39 is 5.95 Å². The van der Waals surface area contributed by atoms with E-state index in [-0.39, 0.29) is 0 Å². The number of halogens is 1. The van der Waals surface area contributed by atoms with E-state index in [9.17, 15) is 0 Å². The molecule has 168 valence electrons. The number of rotatable bonds is 6. The molecule has 0 spiro atoms. The van der Waals surface area contributed by atoms with Crippen LogP contribution in [-0.2, 0) is 0 Å². The molecule has 0 amide bonds. The fraction of sp³-hybridized carbons (Fsp3) is 0.464. The standard InChI is InChI=1S/C28H34FN3/c1-5-21-10-14-31(15-11-21)26-9-8-23(27(29)30-26)25-17-22-7-6-19(2)16-24(22)32(25)20(3)18-28(4)12-13-28/h6-9,16-17,21H,3,5,10-15,18H2,1-2,4H3. The molecule has 5 rings (SSSR count). The summed E-state index contributed by atoms with van der Waals surface area (Å²) in [5.41, 5.74) is 5.05. The Morgan fingerprint density at radius 3 is 2.56 bits per heavy atom. The number of benzene rings is 1. The van der Waals surface area contributed by atoms with Crippen LogP contribution in [0.4, 0.5) is 10.2 Å². The number of fused-ring (bicyclic) bond motifs is 1. The summed E-state index contributed by atoms with van der Waals surface area (Å²) >= 11 is 0. The summed E-state index contributed by atoms with van der Waals surface area (Å²) in [6.07, 6.45) is 6.94. The topological polar surface area (TPSA) is 21.1 Å². The van der Waals surface area contributed by atoms with Gasteiger partial charge in [0.25, 0.3) is 0 Å². The molecule has 3 heterocycles. The third kappa shape index (κ3) is 3.96. The normalized spacial score (nSPS) is 18.3. The van der Waals surface area contributed by atoms with Gasteiger partial charge in [0.15, 0.2) is 0 Å². The third-order valence-electron chi connectivity index (χ3n) is 7.64. The zero-order chi connectivity index (χ0) is 22.5. The molecule has 0 atom stereocenters. The largest absolute Gasteiger partial charge is 0.357 e. The van der Waals surface area contributed by atoms with Crippen molar-refractivity contribution in [2.45, 2.75) is 59.3 Å². The third-order valence-corrected chi connectivity index (χ3v) is 7.64. The summed E-state index contributed by atoms with van der Waals surface area (Å²) in [5, 5.41) is 1.11. The molecule has 2 aliphatic rings. The molecule has 1 saturated carbocycles. The van der Waals surface area contributed by atoms with Crippen LogP contribution in [0, 0.1) is 24.2 Å². The fourth-order valence-corrected chi connectivity index (χ4v) is 5.17. The monoisotopic (exact) mass is 431 g/mol. The lowest BCUT2D eigenvalue weighted by Crippen LogP contribution is -2.34. The Balaban J connectivity index is 1.52. The zero-order valence-corrected chi connectivity index (χ0v) is 19.6. The zero-order valence-electron chi connectivity index (χ0n) is 19.6. The van der Waals surface area contributed by atoms with E-state index in [0.29, 0.717) is 11.0 Å². The number of anilines is 1. The van der Waals surface area contributed by atoms with Crippen LogP contribution in [0.2, 0.25) is 0 Å². The van der Waals surface area contributed by atoms with Crippen molar-refractivity contribution in [1.29, 1.82) is 0 Å². The lowest BCUT2D eigenvalue weighted by molar-refractivity contribution is 0.393. The minimum Gasteiger partial charge on any atom is -0.357 e. The van der Waals surface area contributed by atoms with Gasteiger partial charge >= 0.3 is 0 Å². The van der Waals surface area contributed by atoms with E-state index in [4.69, 9.17) is 0 Å². The lowest BCUT2D eigenvalue weighted by Gasteiger charge is -2.32. The Hall–Kier alpha value is -2.62. The average Bonchev–Trinajstić information content (AvgIpc) is 3.38. The second-order valence-electron chi connectivity index (χ2n) is 10.3. The predicted octanol–water partition coefficient (Wildman–Crippen LogP) is 7.44. The van der Waals surface area contributed by atoms with Gasteiger partial charge in [-0.05, 0) is 80.2 Å². The lowest BCUT2D eigenvalue weighted by atomic mass is 9.94. The minimum absolute atomic E-state index is 0.333. The molecule has 1 aromatic carbocycles. The maximum atomic E-state index is 15.5. The Labute approximate surface area is 191 Å². The number of piperidine rings is 1. The van der Waals surface area contributed by atoms with Crippen molar-refractivity contribution in [3.05, 3.63) is 54.5 Å². The Bertz CT molecular complexity index is 1160. The van der Waals surface area contributed by atoms with Gasteiger partial charge in [-0.15, -0.1) is 0 Å². The summed E-state index contributed by atoms with van der Waals surface area (Å²) in [6.45, 7) is 13.0. The van der Waals surface area contributed by atoms with Crippen molar-refractivity contribution < 1.29 is 4.39 Å². The van der Waals surface area contributed by atoms with Crippen LogP contribution in [0.3, 0.4) is 0 Å². The van der Waals surface area contributed by atoms with Crippen LogP contribution in [0.1, 0.15) is 57.9 Å². The highest BCUT2D eigenvalue weighted by Crippen LogP contribution is 2.51. The van der Waals surface area contributed by atoms with Crippen molar-refractivity contribution in [3.63, 3.8) is 0 Å². The van der Waals surface area contributed by atoms with Crippen molar-refractivity contribution in [2.24, 2.45) is 11.3 Å².